The zero-order valence-electron chi connectivity index (χ0n) is 17.7. The number of hydrogen-bond donors (Lipinski definition) is 2. The van der Waals surface area contributed by atoms with E-state index >= 15 is 0 Å². The van der Waals surface area contributed by atoms with Crippen LogP contribution in [0.5, 0.6) is 0 Å². The summed E-state index contributed by atoms with van der Waals surface area (Å²) in [7, 11) is 0. The number of rotatable bonds is 4. The lowest BCUT2D eigenvalue weighted by Gasteiger charge is -2.27. The third-order valence-corrected chi connectivity index (χ3v) is 6.34. The monoisotopic (exact) mass is 424 g/mol. The number of pyridine rings is 2. The molecule has 6 rings (SSSR count). The van der Waals surface area contributed by atoms with Crippen molar-refractivity contribution in [2.45, 2.75) is 25.8 Å². The number of piperidine rings is 1. The molecule has 0 radical (unpaired) electrons. The molecule has 0 atom stereocenters. The molecular formula is C25H24N6O. The van der Waals surface area contributed by atoms with Crippen molar-refractivity contribution in [3.8, 4) is 11.3 Å². The Hall–Kier alpha value is -3.87. The second kappa shape index (κ2) is 7.67. The van der Waals surface area contributed by atoms with E-state index in [4.69, 9.17) is 0 Å². The number of nitrogens with one attached hydrogen (secondary N) is 2. The van der Waals surface area contributed by atoms with Gasteiger partial charge in [0.2, 0.25) is 0 Å². The summed E-state index contributed by atoms with van der Waals surface area (Å²) in [6, 6.07) is 14.3. The molecule has 0 unspecified atom stereocenters. The molecule has 1 saturated heterocycles. The van der Waals surface area contributed by atoms with Gasteiger partial charge in [-0.3, -0.25) is 9.20 Å². The van der Waals surface area contributed by atoms with E-state index in [-0.39, 0.29) is 5.91 Å². The largest absolute Gasteiger partial charge is 0.357 e. The Bertz CT molecular complexity index is 1300. The molecule has 32 heavy (non-hydrogen) atoms. The Kier molecular flexibility index (Phi) is 4.52. The minimum Gasteiger partial charge on any atom is -0.357 e. The highest BCUT2D eigenvalue weighted by atomic mass is 16.1. The first-order valence-electron chi connectivity index (χ1n) is 11.1. The van der Waals surface area contributed by atoms with Crippen LogP contribution in [0.4, 0.5) is 17.2 Å². The van der Waals surface area contributed by atoms with Gasteiger partial charge in [-0.05, 0) is 66.8 Å². The summed E-state index contributed by atoms with van der Waals surface area (Å²) in [6.45, 7) is 2.75. The standard InChI is InChI=1S/C25H24N6O/c32-25-20-6-4-17(14-18(20)15-28-25)22-8-7-21(24-26-10-13-31(22)24)29-19-5-9-23(27-16-19)30-11-2-1-3-12-30/h4-10,13-14,16,29H,1-3,11-12,15H2,(H,28,32). The number of fused-ring (bicyclic) bond motifs is 2. The fraction of sp³-hybridized carbons (Fsp3) is 0.240. The summed E-state index contributed by atoms with van der Waals surface area (Å²) < 4.78 is 2.07. The third-order valence-electron chi connectivity index (χ3n) is 6.34. The van der Waals surface area contributed by atoms with Crippen LogP contribution in [0.2, 0.25) is 0 Å². The second-order valence-corrected chi connectivity index (χ2v) is 8.39. The summed E-state index contributed by atoms with van der Waals surface area (Å²) >= 11 is 0. The highest BCUT2D eigenvalue weighted by Crippen LogP contribution is 2.30. The van der Waals surface area contributed by atoms with Crippen LogP contribution in [-0.2, 0) is 6.54 Å². The Morgan fingerprint density at radius 1 is 0.969 bits per heavy atom. The quantitative estimate of drug-likeness (QED) is 0.509. The van der Waals surface area contributed by atoms with E-state index in [0.717, 1.165) is 58.3 Å². The van der Waals surface area contributed by atoms with Gasteiger partial charge in [0.1, 0.15) is 5.82 Å². The van der Waals surface area contributed by atoms with Gasteiger partial charge in [-0.2, -0.15) is 0 Å². The Morgan fingerprint density at radius 2 is 1.88 bits per heavy atom. The minimum absolute atomic E-state index is 0.00112. The van der Waals surface area contributed by atoms with Gasteiger partial charge in [0.25, 0.3) is 5.91 Å². The van der Waals surface area contributed by atoms with Crippen LogP contribution in [-0.4, -0.2) is 33.4 Å². The molecule has 0 bridgehead atoms. The number of aromatic nitrogens is 3. The fourth-order valence-corrected chi connectivity index (χ4v) is 4.66. The van der Waals surface area contributed by atoms with Crippen LogP contribution < -0.4 is 15.5 Å². The average Bonchev–Trinajstić information content (AvgIpc) is 3.48. The summed E-state index contributed by atoms with van der Waals surface area (Å²) in [5, 5.41) is 6.35. The van der Waals surface area contributed by atoms with Crippen LogP contribution in [0.1, 0.15) is 35.2 Å². The highest BCUT2D eigenvalue weighted by Gasteiger charge is 2.19. The molecule has 7 heteroatoms. The third kappa shape index (κ3) is 3.26. The lowest BCUT2D eigenvalue weighted by atomic mass is 10.0. The van der Waals surface area contributed by atoms with Gasteiger partial charge in [0.15, 0.2) is 5.65 Å². The molecule has 1 aromatic carbocycles. The molecule has 3 aromatic heterocycles. The first kappa shape index (κ1) is 18.9. The maximum Gasteiger partial charge on any atom is 0.251 e. The highest BCUT2D eigenvalue weighted by molar-refractivity contribution is 5.99. The number of nitrogens with zero attached hydrogens (tertiary/aromatic N) is 4. The number of anilines is 3. The Balaban J connectivity index is 1.29. The molecule has 0 aliphatic carbocycles. The van der Waals surface area contributed by atoms with Gasteiger partial charge in [-0.25, -0.2) is 9.97 Å². The number of imidazole rings is 1. The minimum atomic E-state index is -0.00112. The lowest BCUT2D eigenvalue weighted by Crippen LogP contribution is -2.29. The van der Waals surface area contributed by atoms with E-state index in [9.17, 15) is 4.79 Å². The van der Waals surface area contributed by atoms with Gasteiger partial charge in [0, 0.05) is 37.6 Å². The van der Waals surface area contributed by atoms with Gasteiger partial charge in [-0.1, -0.05) is 6.07 Å². The Labute approximate surface area is 186 Å². The van der Waals surface area contributed by atoms with Crippen LogP contribution in [0.15, 0.2) is 61.1 Å². The predicted octanol–water partition coefficient (Wildman–Crippen LogP) is 4.37. The molecule has 7 nitrogen and oxygen atoms in total. The molecule has 1 fully saturated rings. The van der Waals surface area contributed by atoms with Crippen molar-refractivity contribution >= 4 is 28.7 Å². The van der Waals surface area contributed by atoms with E-state index in [2.05, 4.69) is 54.2 Å². The molecular weight excluding hydrogens is 400 g/mol. The lowest BCUT2D eigenvalue weighted by molar-refractivity contribution is 0.0966. The van der Waals surface area contributed by atoms with Gasteiger partial charge in [-0.15, -0.1) is 0 Å². The van der Waals surface area contributed by atoms with E-state index in [1.807, 2.05) is 30.6 Å². The summed E-state index contributed by atoms with van der Waals surface area (Å²) in [5.41, 5.74) is 6.58. The maximum atomic E-state index is 11.9. The second-order valence-electron chi connectivity index (χ2n) is 8.39. The van der Waals surface area contributed by atoms with Crippen molar-refractivity contribution in [3.05, 3.63) is 72.2 Å². The van der Waals surface area contributed by atoms with Crippen molar-refractivity contribution in [2.75, 3.05) is 23.3 Å². The molecule has 2 aliphatic heterocycles. The van der Waals surface area contributed by atoms with Crippen molar-refractivity contribution in [3.63, 3.8) is 0 Å². The molecule has 2 aliphatic rings. The number of carbonyl (C=O) groups excluding carboxylic acids is 1. The molecule has 160 valence electrons. The van der Waals surface area contributed by atoms with E-state index in [0.29, 0.717) is 6.54 Å². The van der Waals surface area contributed by atoms with Crippen molar-refractivity contribution < 1.29 is 4.79 Å². The van der Waals surface area contributed by atoms with Crippen LogP contribution in [0.25, 0.3) is 16.9 Å². The molecule has 2 N–H and O–H groups in total. The van der Waals surface area contributed by atoms with E-state index < -0.39 is 0 Å². The first-order chi connectivity index (χ1) is 15.8. The van der Waals surface area contributed by atoms with Crippen LogP contribution in [0.3, 0.4) is 0 Å². The van der Waals surface area contributed by atoms with E-state index in [1.54, 1.807) is 6.20 Å². The normalized spacial score (nSPS) is 15.6. The summed E-state index contributed by atoms with van der Waals surface area (Å²) in [4.78, 5) is 23.5. The Morgan fingerprint density at radius 3 is 2.72 bits per heavy atom. The average molecular weight is 425 g/mol. The topological polar surface area (TPSA) is 74.6 Å². The van der Waals surface area contributed by atoms with Gasteiger partial charge >= 0.3 is 0 Å². The zero-order chi connectivity index (χ0) is 21.5. The van der Waals surface area contributed by atoms with Crippen molar-refractivity contribution in [1.29, 1.82) is 0 Å². The first-order valence-corrected chi connectivity index (χ1v) is 11.1. The molecule has 0 spiro atoms. The van der Waals surface area contributed by atoms with Crippen LogP contribution >= 0.6 is 0 Å². The van der Waals surface area contributed by atoms with Crippen molar-refractivity contribution in [2.24, 2.45) is 0 Å². The molecule has 4 aromatic rings. The fourth-order valence-electron chi connectivity index (χ4n) is 4.66. The number of hydrogen-bond acceptors (Lipinski definition) is 5. The molecule has 1 amide bonds. The number of carbonyl (C=O) groups is 1. The molecule has 0 saturated carbocycles. The number of benzene rings is 1. The molecule has 5 heterocycles. The van der Waals surface area contributed by atoms with Crippen LogP contribution in [0, 0.1) is 0 Å². The smallest absolute Gasteiger partial charge is 0.251 e. The summed E-state index contributed by atoms with van der Waals surface area (Å²) in [5.74, 6) is 1.04. The van der Waals surface area contributed by atoms with Gasteiger partial charge in [0.05, 0.1) is 23.3 Å². The van der Waals surface area contributed by atoms with E-state index in [1.165, 1.54) is 19.3 Å². The van der Waals surface area contributed by atoms with Gasteiger partial charge < -0.3 is 15.5 Å². The zero-order valence-corrected chi connectivity index (χ0v) is 17.7. The maximum absolute atomic E-state index is 11.9. The van der Waals surface area contributed by atoms with Crippen molar-refractivity contribution in [1.82, 2.24) is 19.7 Å². The SMILES string of the molecule is O=C1NCc2cc(-c3ccc(Nc4ccc(N5CCCCC5)nc4)c4nccn34)ccc21. The summed E-state index contributed by atoms with van der Waals surface area (Å²) in [6.07, 6.45) is 9.45. The number of amides is 1. The predicted molar refractivity (Wildman–Crippen MR) is 125 cm³/mol.